The Morgan fingerprint density at radius 2 is 1.50 bits per heavy atom. The van der Waals surface area contributed by atoms with Gasteiger partial charge >= 0.3 is 0 Å². The maximum Gasteiger partial charge on any atom is 0.227 e. The van der Waals surface area contributed by atoms with Crippen LogP contribution < -0.4 is 4.74 Å². The number of hydrogen-bond acceptors (Lipinski definition) is 8. The molecule has 3 unspecified atom stereocenters. The number of piperidine rings is 1. The van der Waals surface area contributed by atoms with Gasteiger partial charge in [0.05, 0.1) is 51.7 Å². The number of fused-ring (bicyclic) bond motifs is 1. The first-order valence-electron chi connectivity index (χ1n) is 17.9. The van der Waals surface area contributed by atoms with Crippen LogP contribution in [0.15, 0.2) is 109 Å². The number of nitrogens with zero attached hydrogens (tertiary/aromatic N) is 1. The van der Waals surface area contributed by atoms with Crippen molar-refractivity contribution in [1.29, 1.82) is 0 Å². The van der Waals surface area contributed by atoms with E-state index in [2.05, 4.69) is 0 Å². The minimum absolute atomic E-state index is 0.0384. The van der Waals surface area contributed by atoms with Gasteiger partial charge in [-0.25, -0.2) is 0 Å². The summed E-state index contributed by atoms with van der Waals surface area (Å²) in [5.41, 5.74) is 4.21. The van der Waals surface area contributed by atoms with Gasteiger partial charge in [0, 0.05) is 43.0 Å². The average molecular weight is 706 g/mol. The summed E-state index contributed by atoms with van der Waals surface area (Å²) in [5, 5.41) is 32.0. The third-order valence-electron chi connectivity index (χ3n) is 9.44. The van der Waals surface area contributed by atoms with E-state index in [4.69, 9.17) is 18.9 Å². The van der Waals surface area contributed by atoms with E-state index in [9.17, 15) is 20.1 Å². The zero-order valence-electron chi connectivity index (χ0n) is 29.5. The minimum atomic E-state index is -0.403. The molecule has 5 aromatic rings. The number of aliphatic hydroxyl groups excluding tert-OH is 1. The van der Waals surface area contributed by atoms with E-state index in [1.165, 1.54) is 0 Å². The molecule has 6 rings (SSSR count). The lowest BCUT2D eigenvalue weighted by Gasteiger charge is -2.43. The predicted octanol–water partition coefficient (Wildman–Crippen LogP) is 6.89. The van der Waals surface area contributed by atoms with Crippen molar-refractivity contribution in [2.75, 3.05) is 32.9 Å². The highest BCUT2D eigenvalue weighted by Crippen LogP contribution is 2.35. The quantitative estimate of drug-likeness (QED) is 0.0951. The molecule has 1 saturated heterocycles. The molecule has 0 aromatic heterocycles. The Labute approximate surface area is 305 Å². The first-order valence-corrected chi connectivity index (χ1v) is 17.9. The van der Waals surface area contributed by atoms with E-state index in [-0.39, 0.29) is 49.1 Å². The fourth-order valence-corrected chi connectivity index (χ4v) is 6.85. The van der Waals surface area contributed by atoms with Crippen LogP contribution in [0.4, 0.5) is 0 Å². The molecule has 0 radical (unpaired) electrons. The van der Waals surface area contributed by atoms with Crippen molar-refractivity contribution in [3.8, 4) is 17.2 Å². The number of carbonyl (C=O) groups is 1. The largest absolute Gasteiger partial charge is 0.508 e. The molecular formula is C43H47NO8. The molecule has 1 amide bonds. The number of phenolic OH excluding ortho intramolecular Hbond substituents is 2. The SMILES string of the molecule is CCOC1CN(C(=O)Cc2cccc(CO)c2)CC(OCc2cc(O)c3ccccc3c2)C1c1ccc(OCCCOCc2ccccc2O)cc1. The van der Waals surface area contributed by atoms with Crippen LogP contribution in [0.5, 0.6) is 17.2 Å². The van der Waals surface area contributed by atoms with Crippen LogP contribution in [0.3, 0.4) is 0 Å². The van der Waals surface area contributed by atoms with E-state index < -0.39 is 6.10 Å². The molecule has 272 valence electrons. The number of rotatable bonds is 16. The van der Waals surface area contributed by atoms with Crippen LogP contribution in [0.2, 0.25) is 0 Å². The van der Waals surface area contributed by atoms with Crippen molar-refractivity contribution in [2.45, 2.75) is 57.7 Å². The Balaban J connectivity index is 1.15. The molecule has 1 heterocycles. The summed E-state index contributed by atoms with van der Waals surface area (Å²) in [6.07, 6.45) is 0.168. The van der Waals surface area contributed by atoms with Gasteiger partial charge in [-0.3, -0.25) is 4.79 Å². The van der Waals surface area contributed by atoms with Gasteiger partial charge < -0.3 is 39.2 Å². The molecule has 0 aliphatic carbocycles. The second-order valence-electron chi connectivity index (χ2n) is 13.1. The zero-order chi connectivity index (χ0) is 36.3. The van der Waals surface area contributed by atoms with Crippen LogP contribution in [0, 0.1) is 0 Å². The lowest BCUT2D eigenvalue weighted by molar-refractivity contribution is -0.144. The standard InChI is InChI=1S/C43H47NO8/c1-2-50-40-25-44(42(48)24-30-9-7-10-31(21-30)27-45)26-41(52-28-32-22-34-11-3-5-13-37(34)39(47)23-32)43(40)33-15-17-36(18-16-33)51-20-8-19-49-29-35-12-4-6-14-38(35)46/h3-7,9-18,21-23,40-41,43,45-47H,2,8,19-20,24-29H2,1H3. The Kier molecular flexibility index (Phi) is 12.8. The van der Waals surface area contributed by atoms with E-state index >= 15 is 0 Å². The highest BCUT2D eigenvalue weighted by atomic mass is 16.5. The van der Waals surface area contributed by atoms with Gasteiger partial charge in [0.1, 0.15) is 17.2 Å². The summed E-state index contributed by atoms with van der Waals surface area (Å²) >= 11 is 0. The van der Waals surface area contributed by atoms with Gasteiger partial charge in [0.25, 0.3) is 0 Å². The van der Waals surface area contributed by atoms with Gasteiger partial charge in [-0.15, -0.1) is 0 Å². The number of aliphatic hydroxyl groups is 1. The molecule has 0 bridgehead atoms. The molecule has 9 heteroatoms. The van der Waals surface area contributed by atoms with Crippen molar-refractivity contribution in [1.82, 2.24) is 4.90 Å². The molecular weight excluding hydrogens is 658 g/mol. The molecule has 1 fully saturated rings. The first-order chi connectivity index (χ1) is 25.4. The van der Waals surface area contributed by atoms with Crippen molar-refractivity contribution >= 4 is 16.7 Å². The van der Waals surface area contributed by atoms with E-state index in [0.29, 0.717) is 45.9 Å². The van der Waals surface area contributed by atoms with Gasteiger partial charge in [-0.1, -0.05) is 78.9 Å². The summed E-state index contributed by atoms with van der Waals surface area (Å²) in [4.78, 5) is 15.6. The molecule has 1 aliphatic heterocycles. The number of hydrogen-bond donors (Lipinski definition) is 3. The number of likely N-dealkylation sites (tertiary alicyclic amines) is 1. The third-order valence-corrected chi connectivity index (χ3v) is 9.44. The van der Waals surface area contributed by atoms with Crippen LogP contribution in [0.1, 0.15) is 47.1 Å². The smallest absolute Gasteiger partial charge is 0.227 e. The Bertz CT molecular complexity index is 1910. The van der Waals surface area contributed by atoms with Crippen molar-refractivity contribution in [3.63, 3.8) is 0 Å². The number of phenols is 2. The number of amides is 1. The highest BCUT2D eigenvalue weighted by molar-refractivity contribution is 5.88. The molecule has 1 aliphatic rings. The van der Waals surface area contributed by atoms with Gasteiger partial charge in [-0.05, 0) is 64.9 Å². The van der Waals surface area contributed by atoms with Crippen molar-refractivity contribution in [3.05, 3.63) is 137 Å². The van der Waals surface area contributed by atoms with Crippen LogP contribution >= 0.6 is 0 Å². The summed E-state index contributed by atoms with van der Waals surface area (Å²) < 4.78 is 24.7. The topological polar surface area (TPSA) is 118 Å². The minimum Gasteiger partial charge on any atom is -0.508 e. The predicted molar refractivity (Wildman–Crippen MR) is 199 cm³/mol. The maximum atomic E-state index is 13.8. The summed E-state index contributed by atoms with van der Waals surface area (Å²) in [6.45, 7) is 4.68. The van der Waals surface area contributed by atoms with Crippen LogP contribution in [-0.4, -0.2) is 71.2 Å². The number of aromatic hydroxyl groups is 2. The number of ether oxygens (including phenoxy) is 4. The molecule has 3 atom stereocenters. The highest BCUT2D eigenvalue weighted by Gasteiger charge is 2.41. The lowest BCUT2D eigenvalue weighted by Crippen LogP contribution is -2.54. The fourth-order valence-electron chi connectivity index (χ4n) is 6.85. The van der Waals surface area contributed by atoms with E-state index in [1.807, 2.05) is 103 Å². The summed E-state index contributed by atoms with van der Waals surface area (Å²) in [5.74, 6) is 0.951. The summed E-state index contributed by atoms with van der Waals surface area (Å²) in [7, 11) is 0. The Morgan fingerprint density at radius 1 is 0.750 bits per heavy atom. The van der Waals surface area contributed by atoms with E-state index in [0.717, 1.165) is 44.3 Å². The van der Waals surface area contributed by atoms with Crippen molar-refractivity contribution < 1.29 is 39.1 Å². The van der Waals surface area contributed by atoms with Crippen LogP contribution in [0.25, 0.3) is 10.8 Å². The zero-order valence-corrected chi connectivity index (χ0v) is 29.5. The summed E-state index contributed by atoms with van der Waals surface area (Å²) in [6, 6.07) is 34.0. The Hall–Kier alpha value is -4.93. The van der Waals surface area contributed by atoms with Gasteiger partial charge in [-0.2, -0.15) is 0 Å². The number of para-hydroxylation sites is 1. The lowest BCUT2D eigenvalue weighted by atomic mass is 9.84. The van der Waals surface area contributed by atoms with Crippen LogP contribution in [-0.2, 0) is 45.2 Å². The van der Waals surface area contributed by atoms with E-state index in [1.54, 1.807) is 18.2 Å². The van der Waals surface area contributed by atoms with Gasteiger partial charge in [0.2, 0.25) is 5.91 Å². The monoisotopic (exact) mass is 705 g/mol. The molecule has 9 nitrogen and oxygen atoms in total. The third kappa shape index (κ3) is 9.48. The van der Waals surface area contributed by atoms with Crippen molar-refractivity contribution in [2.24, 2.45) is 0 Å². The normalized spacial score (nSPS) is 17.3. The second-order valence-corrected chi connectivity index (χ2v) is 13.1. The second kappa shape index (κ2) is 18.0. The first kappa shape index (κ1) is 36.8. The molecule has 0 spiro atoms. The Morgan fingerprint density at radius 3 is 2.29 bits per heavy atom. The molecule has 52 heavy (non-hydrogen) atoms. The molecule has 0 saturated carbocycles. The average Bonchev–Trinajstić information content (AvgIpc) is 3.16. The molecule has 5 aromatic carbocycles. The fraction of sp³-hybridized carbons (Fsp3) is 0.326. The number of benzene rings is 5. The molecule has 3 N–H and O–H groups in total. The van der Waals surface area contributed by atoms with Gasteiger partial charge in [0.15, 0.2) is 0 Å². The maximum absolute atomic E-state index is 13.8. The number of carbonyl (C=O) groups excluding carboxylic acids is 1.